The number of terminal acetylenes is 1. The Morgan fingerprint density at radius 2 is 2.00 bits per heavy atom. The van der Waals surface area contributed by atoms with Gasteiger partial charge in [0.1, 0.15) is 12.4 Å². The highest BCUT2D eigenvalue weighted by molar-refractivity contribution is 6.32. The fourth-order valence-electron chi connectivity index (χ4n) is 1.91. The molecule has 0 aromatic heterocycles. The third-order valence-corrected chi connectivity index (χ3v) is 3.48. The lowest BCUT2D eigenvalue weighted by molar-refractivity contribution is -0.136. The predicted octanol–water partition coefficient (Wildman–Crippen LogP) is 4.42. The number of carbonyl (C=O) groups excluding carboxylic acids is 1. The van der Waals surface area contributed by atoms with E-state index in [1.165, 1.54) is 11.6 Å². The summed E-state index contributed by atoms with van der Waals surface area (Å²) in [5.41, 5.74) is 3.03. The van der Waals surface area contributed by atoms with E-state index in [0.29, 0.717) is 17.4 Å². The largest absolute Gasteiger partial charge is 0.487 e. The summed E-state index contributed by atoms with van der Waals surface area (Å²) in [6.07, 6.45) is 7.92. The predicted molar refractivity (Wildman–Crippen MR) is 95.8 cm³/mol. The van der Waals surface area contributed by atoms with E-state index in [-0.39, 0.29) is 6.61 Å². The van der Waals surface area contributed by atoms with Gasteiger partial charge in [0, 0.05) is 6.08 Å². The van der Waals surface area contributed by atoms with Crippen molar-refractivity contribution in [3.63, 3.8) is 0 Å². The molecule has 0 fully saturated rings. The van der Waals surface area contributed by atoms with Gasteiger partial charge < -0.3 is 9.47 Å². The molecule has 0 saturated carbocycles. The Morgan fingerprint density at radius 3 is 2.67 bits per heavy atom. The highest BCUT2D eigenvalue weighted by Crippen LogP contribution is 2.26. The second-order valence-corrected chi connectivity index (χ2v) is 5.52. The minimum absolute atomic E-state index is 0.0459. The summed E-state index contributed by atoms with van der Waals surface area (Å²) in [4.78, 5) is 11.3. The molecule has 0 atom stereocenters. The van der Waals surface area contributed by atoms with Crippen molar-refractivity contribution < 1.29 is 14.3 Å². The molecule has 4 heteroatoms. The molecule has 2 aromatic carbocycles. The van der Waals surface area contributed by atoms with E-state index in [1.54, 1.807) is 24.3 Å². The van der Waals surface area contributed by atoms with Crippen LogP contribution in [0.4, 0.5) is 0 Å². The normalized spacial score (nSPS) is 10.4. The zero-order valence-corrected chi connectivity index (χ0v) is 14.0. The number of ether oxygens (including phenoxy) is 2. The number of hydrogen-bond acceptors (Lipinski definition) is 3. The van der Waals surface area contributed by atoms with Crippen LogP contribution in [0.3, 0.4) is 0 Å². The summed E-state index contributed by atoms with van der Waals surface area (Å²) >= 11 is 6.22. The minimum atomic E-state index is -0.497. The number of benzene rings is 2. The van der Waals surface area contributed by atoms with E-state index in [2.05, 4.69) is 5.92 Å². The number of aryl methyl sites for hydroxylation is 1. The maximum atomic E-state index is 11.3. The van der Waals surface area contributed by atoms with E-state index in [0.717, 1.165) is 11.1 Å². The molecular weight excluding hydrogens is 324 g/mol. The van der Waals surface area contributed by atoms with Crippen LogP contribution >= 0.6 is 11.6 Å². The number of esters is 1. The number of carbonyl (C=O) groups is 1. The van der Waals surface area contributed by atoms with E-state index < -0.39 is 5.97 Å². The molecule has 0 radical (unpaired) electrons. The summed E-state index contributed by atoms with van der Waals surface area (Å²) in [5, 5.41) is 0.473. The first-order valence-corrected chi connectivity index (χ1v) is 7.72. The van der Waals surface area contributed by atoms with Gasteiger partial charge in [-0.15, -0.1) is 6.42 Å². The van der Waals surface area contributed by atoms with Crippen LogP contribution in [0.1, 0.15) is 16.7 Å². The molecule has 0 saturated heterocycles. The minimum Gasteiger partial charge on any atom is -0.487 e. The Hall–Kier alpha value is -2.70. The Kier molecular flexibility index (Phi) is 6.48. The standard InChI is InChI=1S/C20H17ClO3/c1-3-12-23-20(22)11-9-16-8-10-19(18(21)13-16)24-14-17-6-4-15(2)5-7-17/h1,4-11,13H,12,14H2,2H3/b11-9+. The van der Waals surface area contributed by atoms with E-state index in [1.807, 2.05) is 31.2 Å². The number of halogens is 1. The Bertz CT molecular complexity index is 770. The van der Waals surface area contributed by atoms with Crippen molar-refractivity contribution in [1.82, 2.24) is 0 Å². The van der Waals surface area contributed by atoms with Gasteiger partial charge in [0.25, 0.3) is 0 Å². The topological polar surface area (TPSA) is 35.5 Å². The number of hydrogen-bond donors (Lipinski definition) is 0. The maximum Gasteiger partial charge on any atom is 0.331 e. The molecule has 0 N–H and O–H groups in total. The molecule has 24 heavy (non-hydrogen) atoms. The van der Waals surface area contributed by atoms with Crippen molar-refractivity contribution in [2.45, 2.75) is 13.5 Å². The van der Waals surface area contributed by atoms with E-state index >= 15 is 0 Å². The van der Waals surface area contributed by atoms with Gasteiger partial charge in [0.2, 0.25) is 0 Å². The highest BCUT2D eigenvalue weighted by atomic mass is 35.5. The molecule has 122 valence electrons. The first kappa shape index (κ1) is 17.7. The quantitative estimate of drug-likeness (QED) is 0.443. The van der Waals surface area contributed by atoms with Crippen molar-refractivity contribution >= 4 is 23.6 Å². The Labute approximate surface area is 146 Å². The molecule has 0 amide bonds. The average molecular weight is 341 g/mol. The van der Waals surface area contributed by atoms with Crippen molar-refractivity contribution in [1.29, 1.82) is 0 Å². The SMILES string of the molecule is C#CCOC(=O)/C=C/c1ccc(OCc2ccc(C)cc2)c(Cl)c1. The Morgan fingerprint density at radius 1 is 1.25 bits per heavy atom. The van der Waals surface area contributed by atoms with Crippen LogP contribution in [0.5, 0.6) is 5.75 Å². The lowest BCUT2D eigenvalue weighted by atomic mass is 10.1. The van der Waals surface area contributed by atoms with Crippen LogP contribution < -0.4 is 4.74 Å². The third kappa shape index (κ3) is 5.49. The third-order valence-electron chi connectivity index (χ3n) is 3.18. The Balaban J connectivity index is 1.96. The summed E-state index contributed by atoms with van der Waals surface area (Å²) < 4.78 is 10.5. The second-order valence-electron chi connectivity index (χ2n) is 5.11. The van der Waals surface area contributed by atoms with E-state index in [9.17, 15) is 4.79 Å². The monoisotopic (exact) mass is 340 g/mol. The van der Waals surface area contributed by atoms with Crippen LogP contribution in [0.2, 0.25) is 5.02 Å². The van der Waals surface area contributed by atoms with Gasteiger partial charge in [0.15, 0.2) is 6.61 Å². The summed E-state index contributed by atoms with van der Waals surface area (Å²) in [6.45, 7) is 2.43. The molecule has 0 bridgehead atoms. The smallest absolute Gasteiger partial charge is 0.331 e. The lowest BCUT2D eigenvalue weighted by Crippen LogP contribution is -1.99. The zero-order chi connectivity index (χ0) is 17.4. The van der Waals surface area contributed by atoms with Crippen LogP contribution in [0, 0.1) is 19.3 Å². The molecule has 0 heterocycles. The molecule has 0 aliphatic heterocycles. The van der Waals surface area contributed by atoms with Gasteiger partial charge in [-0.1, -0.05) is 53.4 Å². The number of rotatable bonds is 6. The lowest BCUT2D eigenvalue weighted by Gasteiger charge is -2.09. The van der Waals surface area contributed by atoms with Crippen LogP contribution in [-0.2, 0) is 16.1 Å². The first-order chi connectivity index (χ1) is 11.6. The first-order valence-electron chi connectivity index (χ1n) is 7.34. The average Bonchev–Trinajstić information content (AvgIpc) is 2.58. The van der Waals surface area contributed by atoms with Gasteiger partial charge in [-0.2, -0.15) is 0 Å². The van der Waals surface area contributed by atoms with Crippen LogP contribution in [0.15, 0.2) is 48.5 Å². The van der Waals surface area contributed by atoms with E-state index in [4.69, 9.17) is 27.5 Å². The molecule has 0 aliphatic rings. The fourth-order valence-corrected chi connectivity index (χ4v) is 2.15. The summed E-state index contributed by atoms with van der Waals surface area (Å²) in [5.74, 6) is 2.32. The molecule has 2 aromatic rings. The summed E-state index contributed by atoms with van der Waals surface area (Å²) in [6, 6.07) is 13.4. The van der Waals surface area contributed by atoms with Gasteiger partial charge in [-0.25, -0.2) is 4.79 Å². The van der Waals surface area contributed by atoms with Gasteiger partial charge in [-0.3, -0.25) is 0 Å². The van der Waals surface area contributed by atoms with Gasteiger partial charge >= 0.3 is 5.97 Å². The van der Waals surface area contributed by atoms with Crippen LogP contribution in [0.25, 0.3) is 6.08 Å². The molecule has 0 aliphatic carbocycles. The maximum absolute atomic E-state index is 11.3. The summed E-state index contributed by atoms with van der Waals surface area (Å²) in [7, 11) is 0. The molecule has 3 nitrogen and oxygen atoms in total. The zero-order valence-electron chi connectivity index (χ0n) is 13.3. The molecule has 0 unspecified atom stereocenters. The second kappa shape index (κ2) is 8.81. The van der Waals surface area contributed by atoms with Crippen molar-refractivity contribution in [3.05, 3.63) is 70.3 Å². The highest BCUT2D eigenvalue weighted by Gasteiger charge is 2.03. The van der Waals surface area contributed by atoms with Gasteiger partial charge in [-0.05, 0) is 36.3 Å². The van der Waals surface area contributed by atoms with Crippen LogP contribution in [-0.4, -0.2) is 12.6 Å². The molecular formula is C20H17ClO3. The van der Waals surface area contributed by atoms with Crippen molar-refractivity contribution in [2.75, 3.05) is 6.61 Å². The molecule has 0 spiro atoms. The van der Waals surface area contributed by atoms with Gasteiger partial charge in [0.05, 0.1) is 5.02 Å². The van der Waals surface area contributed by atoms with Crippen molar-refractivity contribution in [3.8, 4) is 18.1 Å². The van der Waals surface area contributed by atoms with Crippen molar-refractivity contribution in [2.24, 2.45) is 0 Å². The molecule has 2 rings (SSSR count). The fraction of sp³-hybridized carbons (Fsp3) is 0.150.